The fourth-order valence-corrected chi connectivity index (χ4v) is 1.29. The topological polar surface area (TPSA) is 70.1 Å². The largest absolute Gasteiger partial charge is 0.396 e. The summed E-state index contributed by atoms with van der Waals surface area (Å²) in [5, 5.41) is 14.4. The molecule has 5 nitrogen and oxygen atoms in total. The van der Waals surface area contributed by atoms with Crippen LogP contribution in [-0.2, 0) is 0 Å². The third-order valence-corrected chi connectivity index (χ3v) is 2.15. The molecule has 90 valence electrons. The summed E-state index contributed by atoms with van der Waals surface area (Å²) in [4.78, 5) is 7.72. The van der Waals surface area contributed by atoms with Crippen molar-refractivity contribution in [1.82, 2.24) is 9.97 Å². The fourth-order valence-electron chi connectivity index (χ4n) is 1.29. The highest BCUT2D eigenvalue weighted by Gasteiger charge is 2.09. The summed E-state index contributed by atoms with van der Waals surface area (Å²) in [6, 6.07) is 0.0567. The normalized spacial score (nSPS) is 12.2. The molecule has 1 aromatic heterocycles. The lowest BCUT2D eigenvalue weighted by molar-refractivity contribution is 0.282. The summed E-state index contributed by atoms with van der Waals surface area (Å²) >= 11 is 0. The number of aromatic nitrogens is 2. The predicted octanol–water partition coefficient (Wildman–Crippen LogP) is 1.23. The minimum absolute atomic E-state index is 0.0567. The number of aliphatic hydroxyl groups excluding tert-OH is 1. The Morgan fingerprint density at radius 2 is 2.31 bits per heavy atom. The lowest BCUT2D eigenvalue weighted by Crippen LogP contribution is -2.18. The van der Waals surface area contributed by atoms with E-state index in [0.717, 1.165) is 12.6 Å². The van der Waals surface area contributed by atoms with Crippen molar-refractivity contribution in [3.05, 3.63) is 12.0 Å². The van der Waals surface area contributed by atoms with Gasteiger partial charge in [-0.15, -0.1) is 0 Å². The van der Waals surface area contributed by atoms with Gasteiger partial charge in [-0.2, -0.15) is 4.98 Å². The Morgan fingerprint density at radius 3 is 2.94 bits per heavy atom. The summed E-state index contributed by atoms with van der Waals surface area (Å²) in [7, 11) is 1.67. The van der Waals surface area contributed by atoms with E-state index in [0.29, 0.717) is 12.4 Å². The molecule has 0 saturated carbocycles. The van der Waals surface area contributed by atoms with Gasteiger partial charge in [0.15, 0.2) is 11.6 Å². The quantitative estimate of drug-likeness (QED) is 0.683. The number of halogens is 1. The van der Waals surface area contributed by atoms with Gasteiger partial charge in [0, 0.05) is 19.7 Å². The highest BCUT2D eigenvalue weighted by atomic mass is 19.1. The molecule has 0 aliphatic rings. The summed E-state index contributed by atoms with van der Waals surface area (Å²) in [6.45, 7) is 2.05. The Labute approximate surface area is 94.1 Å². The van der Waals surface area contributed by atoms with Crippen molar-refractivity contribution < 1.29 is 9.50 Å². The van der Waals surface area contributed by atoms with E-state index in [4.69, 9.17) is 5.11 Å². The van der Waals surface area contributed by atoms with Crippen molar-refractivity contribution in [1.29, 1.82) is 0 Å². The van der Waals surface area contributed by atoms with E-state index in [1.807, 2.05) is 6.92 Å². The molecular formula is C10H17FN4O. The Kier molecular flexibility index (Phi) is 4.91. The van der Waals surface area contributed by atoms with E-state index in [9.17, 15) is 4.39 Å². The minimum Gasteiger partial charge on any atom is -0.396 e. The molecule has 0 amide bonds. The monoisotopic (exact) mass is 228 g/mol. The molecule has 0 saturated heterocycles. The minimum atomic E-state index is -0.477. The molecule has 1 heterocycles. The number of aliphatic hydroxyl groups is 1. The number of nitrogens with one attached hydrogen (secondary N) is 2. The molecule has 1 atom stereocenters. The lowest BCUT2D eigenvalue weighted by Gasteiger charge is -2.14. The van der Waals surface area contributed by atoms with Gasteiger partial charge in [0.05, 0.1) is 6.20 Å². The zero-order valence-corrected chi connectivity index (χ0v) is 9.50. The van der Waals surface area contributed by atoms with E-state index in [1.54, 1.807) is 7.05 Å². The Morgan fingerprint density at radius 1 is 1.56 bits per heavy atom. The number of hydrogen-bond donors (Lipinski definition) is 3. The van der Waals surface area contributed by atoms with Gasteiger partial charge in [-0.3, -0.25) is 0 Å². The second-order valence-corrected chi connectivity index (χ2v) is 3.55. The van der Waals surface area contributed by atoms with Crippen molar-refractivity contribution in [3.63, 3.8) is 0 Å². The predicted molar refractivity (Wildman–Crippen MR) is 60.9 cm³/mol. The molecule has 16 heavy (non-hydrogen) atoms. The van der Waals surface area contributed by atoms with Crippen LogP contribution in [0.4, 0.5) is 16.2 Å². The summed E-state index contributed by atoms with van der Waals surface area (Å²) in [5.41, 5.74) is 0. The van der Waals surface area contributed by atoms with Gasteiger partial charge in [-0.05, 0) is 19.8 Å². The summed E-state index contributed by atoms with van der Waals surface area (Å²) in [5.74, 6) is 0.0814. The first kappa shape index (κ1) is 12.6. The average Bonchev–Trinajstić information content (AvgIpc) is 2.29. The smallest absolute Gasteiger partial charge is 0.224 e. The van der Waals surface area contributed by atoms with Gasteiger partial charge < -0.3 is 15.7 Å². The van der Waals surface area contributed by atoms with Gasteiger partial charge in [-0.1, -0.05) is 0 Å². The summed E-state index contributed by atoms with van der Waals surface area (Å²) < 4.78 is 13.3. The molecule has 0 bridgehead atoms. The first-order valence-electron chi connectivity index (χ1n) is 5.25. The Hall–Kier alpha value is -1.43. The van der Waals surface area contributed by atoms with Crippen LogP contribution in [0.1, 0.15) is 19.8 Å². The number of anilines is 2. The molecule has 1 rings (SSSR count). The van der Waals surface area contributed by atoms with Gasteiger partial charge in [-0.25, -0.2) is 9.37 Å². The van der Waals surface area contributed by atoms with Gasteiger partial charge in [0.25, 0.3) is 0 Å². The molecular weight excluding hydrogens is 211 g/mol. The molecule has 0 fully saturated rings. The van der Waals surface area contributed by atoms with Gasteiger partial charge in [0.1, 0.15) is 0 Å². The third-order valence-electron chi connectivity index (χ3n) is 2.15. The maximum Gasteiger partial charge on any atom is 0.224 e. The fraction of sp³-hybridized carbons (Fsp3) is 0.600. The number of hydrogen-bond acceptors (Lipinski definition) is 5. The van der Waals surface area contributed by atoms with Crippen LogP contribution in [-0.4, -0.2) is 34.8 Å². The Bertz CT molecular complexity index is 335. The maximum absolute atomic E-state index is 13.3. The molecule has 1 aromatic rings. The van der Waals surface area contributed by atoms with Crippen LogP contribution in [0.15, 0.2) is 6.20 Å². The van der Waals surface area contributed by atoms with Crippen molar-refractivity contribution >= 4 is 11.8 Å². The van der Waals surface area contributed by atoms with E-state index in [2.05, 4.69) is 20.6 Å². The maximum atomic E-state index is 13.3. The molecule has 0 aliphatic heterocycles. The van der Waals surface area contributed by atoms with E-state index in [1.165, 1.54) is 0 Å². The highest BCUT2D eigenvalue weighted by molar-refractivity contribution is 5.41. The number of nitrogens with zero attached hydrogens (tertiary/aromatic N) is 2. The number of rotatable bonds is 6. The Balaban J connectivity index is 2.64. The first-order chi connectivity index (χ1) is 7.67. The SMILES string of the molecule is CNc1ncc(F)c(NC(C)CCCO)n1. The summed E-state index contributed by atoms with van der Waals surface area (Å²) in [6.07, 6.45) is 2.56. The molecule has 0 aromatic carbocycles. The van der Waals surface area contributed by atoms with E-state index in [-0.39, 0.29) is 18.5 Å². The van der Waals surface area contributed by atoms with Crippen LogP contribution in [0.2, 0.25) is 0 Å². The van der Waals surface area contributed by atoms with Crippen LogP contribution in [0.5, 0.6) is 0 Å². The van der Waals surface area contributed by atoms with Crippen LogP contribution in [0, 0.1) is 5.82 Å². The van der Waals surface area contributed by atoms with Crippen molar-refractivity contribution in [2.45, 2.75) is 25.8 Å². The average molecular weight is 228 g/mol. The second kappa shape index (κ2) is 6.22. The molecule has 6 heteroatoms. The molecule has 0 spiro atoms. The molecule has 0 aliphatic carbocycles. The van der Waals surface area contributed by atoms with Crippen LogP contribution < -0.4 is 10.6 Å². The molecule has 3 N–H and O–H groups in total. The van der Waals surface area contributed by atoms with Crippen LogP contribution in [0.3, 0.4) is 0 Å². The third kappa shape index (κ3) is 3.62. The second-order valence-electron chi connectivity index (χ2n) is 3.55. The van der Waals surface area contributed by atoms with Gasteiger partial charge >= 0.3 is 0 Å². The zero-order chi connectivity index (χ0) is 12.0. The molecule has 1 unspecified atom stereocenters. The molecule has 0 radical (unpaired) electrons. The van der Waals surface area contributed by atoms with Gasteiger partial charge in [0.2, 0.25) is 5.95 Å². The standard InChI is InChI=1S/C10H17FN4O/c1-7(4-3-5-16)14-9-8(11)6-13-10(12-2)15-9/h6-7,16H,3-5H2,1-2H3,(H2,12,13,14,15). The highest BCUT2D eigenvalue weighted by Crippen LogP contribution is 2.13. The van der Waals surface area contributed by atoms with E-state index < -0.39 is 5.82 Å². The first-order valence-corrected chi connectivity index (χ1v) is 5.25. The zero-order valence-electron chi connectivity index (χ0n) is 9.50. The van der Waals surface area contributed by atoms with Crippen LogP contribution in [0.25, 0.3) is 0 Å². The van der Waals surface area contributed by atoms with Crippen LogP contribution >= 0.6 is 0 Å². The lowest BCUT2D eigenvalue weighted by atomic mass is 10.2. The van der Waals surface area contributed by atoms with Crippen molar-refractivity contribution in [2.75, 3.05) is 24.3 Å². The van der Waals surface area contributed by atoms with Crippen molar-refractivity contribution in [2.24, 2.45) is 0 Å². The van der Waals surface area contributed by atoms with E-state index >= 15 is 0 Å². The van der Waals surface area contributed by atoms with Crippen molar-refractivity contribution in [3.8, 4) is 0 Å².